The molecule has 0 aromatic heterocycles. The molecule has 1 heterocycles. The highest BCUT2D eigenvalue weighted by Crippen LogP contribution is 2.16. The molecule has 3 unspecified atom stereocenters. The Labute approximate surface area is 107 Å². The number of nitrogens with one attached hydrogen (secondary N) is 1. The first kappa shape index (κ1) is 14.5. The molecule has 1 saturated heterocycles. The topological polar surface area (TPSA) is 15.3 Å². The number of hydrogen-bond donors (Lipinski definition) is 1. The first-order valence-electron chi connectivity index (χ1n) is 7.16. The number of nitrogens with zero attached hydrogens (tertiary/aromatic N) is 1. The summed E-state index contributed by atoms with van der Waals surface area (Å²) >= 11 is 0. The Bertz CT molecular complexity index is 244. The Balaban J connectivity index is 2.61. The lowest BCUT2D eigenvalue weighted by Gasteiger charge is -2.31. The molecule has 2 nitrogen and oxygen atoms in total. The van der Waals surface area contributed by atoms with Crippen molar-refractivity contribution >= 4 is 0 Å². The second kappa shape index (κ2) is 7.74. The van der Waals surface area contributed by atoms with Gasteiger partial charge in [-0.25, -0.2) is 0 Å². The predicted molar refractivity (Wildman–Crippen MR) is 75.0 cm³/mol. The molecule has 1 N–H and O–H groups in total. The van der Waals surface area contributed by atoms with Gasteiger partial charge in [0.1, 0.15) is 0 Å². The molecule has 98 valence electrons. The fourth-order valence-corrected chi connectivity index (χ4v) is 2.57. The van der Waals surface area contributed by atoms with Crippen LogP contribution < -0.4 is 5.32 Å². The normalized spacial score (nSPS) is 25.9. The van der Waals surface area contributed by atoms with Crippen molar-refractivity contribution in [2.45, 2.75) is 58.5 Å². The van der Waals surface area contributed by atoms with Gasteiger partial charge >= 0.3 is 0 Å². The first-order valence-corrected chi connectivity index (χ1v) is 7.16. The summed E-state index contributed by atoms with van der Waals surface area (Å²) in [6.45, 7) is 10.2. The average molecular weight is 236 g/mol. The van der Waals surface area contributed by atoms with E-state index < -0.39 is 0 Å². The van der Waals surface area contributed by atoms with Crippen molar-refractivity contribution in [3.05, 3.63) is 0 Å². The smallest absolute Gasteiger partial charge is 0.0712 e. The van der Waals surface area contributed by atoms with Crippen molar-refractivity contribution in [1.82, 2.24) is 10.2 Å². The van der Waals surface area contributed by atoms with Crippen LogP contribution in [0.15, 0.2) is 0 Å². The van der Waals surface area contributed by atoms with Crippen molar-refractivity contribution in [3.63, 3.8) is 0 Å². The third-order valence-electron chi connectivity index (χ3n) is 3.99. The van der Waals surface area contributed by atoms with Crippen LogP contribution in [0.25, 0.3) is 0 Å². The quantitative estimate of drug-likeness (QED) is 0.738. The largest absolute Gasteiger partial charge is 0.312 e. The van der Waals surface area contributed by atoms with E-state index in [0.717, 1.165) is 32.0 Å². The van der Waals surface area contributed by atoms with Crippen LogP contribution in [-0.2, 0) is 0 Å². The highest BCUT2D eigenvalue weighted by Gasteiger charge is 2.25. The standard InChI is InChI=1S/C15H28N2/c1-5-9-14(7-3)17-11-8-10-16-15(12-17)13(4)6-2/h3,13-16H,5-6,8-12H2,1-2,4H3. The van der Waals surface area contributed by atoms with Crippen LogP contribution in [0.2, 0.25) is 0 Å². The van der Waals surface area contributed by atoms with Crippen LogP contribution in [0.1, 0.15) is 46.5 Å². The van der Waals surface area contributed by atoms with Crippen LogP contribution in [-0.4, -0.2) is 36.6 Å². The minimum atomic E-state index is 0.339. The Morgan fingerprint density at radius 2 is 2.24 bits per heavy atom. The van der Waals surface area contributed by atoms with Crippen LogP contribution in [0.5, 0.6) is 0 Å². The summed E-state index contributed by atoms with van der Waals surface area (Å²) in [5.41, 5.74) is 0. The van der Waals surface area contributed by atoms with Gasteiger partial charge in [0.15, 0.2) is 0 Å². The van der Waals surface area contributed by atoms with E-state index in [2.05, 4.69) is 36.9 Å². The molecule has 0 aromatic rings. The van der Waals surface area contributed by atoms with Gasteiger partial charge < -0.3 is 5.32 Å². The van der Waals surface area contributed by atoms with E-state index in [0.29, 0.717) is 12.1 Å². The maximum absolute atomic E-state index is 5.68. The fourth-order valence-electron chi connectivity index (χ4n) is 2.57. The molecule has 0 radical (unpaired) electrons. The van der Waals surface area contributed by atoms with E-state index >= 15 is 0 Å². The lowest BCUT2D eigenvalue weighted by atomic mass is 9.98. The highest BCUT2D eigenvalue weighted by molar-refractivity contribution is 5.01. The lowest BCUT2D eigenvalue weighted by Crippen LogP contribution is -2.45. The molecule has 0 bridgehead atoms. The van der Waals surface area contributed by atoms with E-state index in [4.69, 9.17) is 6.42 Å². The van der Waals surface area contributed by atoms with Crippen molar-refractivity contribution in [3.8, 4) is 12.3 Å². The molecule has 0 spiro atoms. The van der Waals surface area contributed by atoms with Crippen molar-refractivity contribution in [1.29, 1.82) is 0 Å². The third kappa shape index (κ3) is 4.33. The Morgan fingerprint density at radius 1 is 1.47 bits per heavy atom. The second-order valence-corrected chi connectivity index (χ2v) is 5.27. The molecule has 0 saturated carbocycles. The van der Waals surface area contributed by atoms with Gasteiger partial charge in [-0.3, -0.25) is 4.90 Å². The Hall–Kier alpha value is -0.520. The minimum absolute atomic E-state index is 0.339. The minimum Gasteiger partial charge on any atom is -0.312 e. The molecule has 0 amide bonds. The van der Waals surface area contributed by atoms with E-state index in [1.54, 1.807) is 0 Å². The zero-order valence-corrected chi connectivity index (χ0v) is 11.7. The van der Waals surface area contributed by atoms with Gasteiger partial charge in [0.2, 0.25) is 0 Å². The zero-order valence-electron chi connectivity index (χ0n) is 11.7. The van der Waals surface area contributed by atoms with Crippen molar-refractivity contribution in [2.75, 3.05) is 19.6 Å². The monoisotopic (exact) mass is 236 g/mol. The molecule has 1 fully saturated rings. The van der Waals surface area contributed by atoms with Crippen molar-refractivity contribution in [2.24, 2.45) is 5.92 Å². The Morgan fingerprint density at radius 3 is 2.82 bits per heavy atom. The SMILES string of the molecule is C#CC(CCC)N1CCCNC(C(C)CC)C1. The molecule has 2 heteroatoms. The highest BCUT2D eigenvalue weighted by atomic mass is 15.2. The maximum atomic E-state index is 5.68. The summed E-state index contributed by atoms with van der Waals surface area (Å²) in [7, 11) is 0. The number of hydrogen-bond acceptors (Lipinski definition) is 2. The maximum Gasteiger partial charge on any atom is 0.0712 e. The van der Waals surface area contributed by atoms with Gasteiger partial charge in [-0.05, 0) is 25.3 Å². The summed E-state index contributed by atoms with van der Waals surface area (Å²) in [5.74, 6) is 3.71. The molecule has 1 aliphatic rings. The molecular weight excluding hydrogens is 208 g/mol. The van der Waals surface area contributed by atoms with E-state index in [1.165, 1.54) is 19.3 Å². The van der Waals surface area contributed by atoms with Crippen LogP contribution >= 0.6 is 0 Å². The van der Waals surface area contributed by atoms with Gasteiger partial charge in [0.05, 0.1) is 6.04 Å². The molecule has 1 rings (SSSR count). The first-order chi connectivity index (χ1) is 8.22. The average Bonchev–Trinajstić information content (AvgIpc) is 2.60. The summed E-state index contributed by atoms with van der Waals surface area (Å²) in [6.07, 6.45) is 10.4. The second-order valence-electron chi connectivity index (χ2n) is 5.27. The van der Waals surface area contributed by atoms with Gasteiger partial charge in [-0.15, -0.1) is 6.42 Å². The zero-order chi connectivity index (χ0) is 12.7. The van der Waals surface area contributed by atoms with Gasteiger partial charge in [0.25, 0.3) is 0 Å². The third-order valence-corrected chi connectivity index (χ3v) is 3.99. The fraction of sp³-hybridized carbons (Fsp3) is 0.867. The van der Waals surface area contributed by atoms with E-state index in [1.807, 2.05) is 0 Å². The molecule has 1 aliphatic heterocycles. The van der Waals surface area contributed by atoms with Crippen LogP contribution in [0, 0.1) is 18.3 Å². The molecule has 3 atom stereocenters. The summed E-state index contributed by atoms with van der Waals surface area (Å²) < 4.78 is 0. The van der Waals surface area contributed by atoms with E-state index in [9.17, 15) is 0 Å². The molecule has 17 heavy (non-hydrogen) atoms. The predicted octanol–water partition coefficient (Wildman–Crippen LogP) is 2.50. The lowest BCUT2D eigenvalue weighted by molar-refractivity contribution is 0.201. The number of rotatable bonds is 5. The summed E-state index contributed by atoms with van der Waals surface area (Å²) in [6, 6.07) is 0.946. The number of terminal acetylenes is 1. The van der Waals surface area contributed by atoms with Crippen molar-refractivity contribution < 1.29 is 0 Å². The Kier molecular flexibility index (Phi) is 6.62. The summed E-state index contributed by atoms with van der Waals surface area (Å²) in [4.78, 5) is 2.51. The molecular formula is C15H28N2. The van der Waals surface area contributed by atoms with Gasteiger partial charge in [-0.2, -0.15) is 0 Å². The summed E-state index contributed by atoms with van der Waals surface area (Å²) in [5, 5.41) is 3.67. The van der Waals surface area contributed by atoms with E-state index in [-0.39, 0.29) is 0 Å². The molecule has 0 aliphatic carbocycles. The molecule has 0 aromatic carbocycles. The van der Waals surface area contributed by atoms with Gasteiger partial charge in [0, 0.05) is 19.1 Å². The van der Waals surface area contributed by atoms with Crippen LogP contribution in [0.4, 0.5) is 0 Å². The van der Waals surface area contributed by atoms with Gasteiger partial charge in [-0.1, -0.05) is 39.5 Å². The van der Waals surface area contributed by atoms with Crippen LogP contribution in [0.3, 0.4) is 0 Å².